The molecule has 2 aromatic carbocycles. The van der Waals surface area contributed by atoms with E-state index in [2.05, 4.69) is 5.32 Å². The van der Waals surface area contributed by atoms with Crippen molar-refractivity contribution >= 4 is 23.4 Å². The van der Waals surface area contributed by atoms with E-state index in [1.807, 2.05) is 0 Å². The molecule has 0 atom stereocenters. The van der Waals surface area contributed by atoms with E-state index in [1.165, 1.54) is 29.2 Å². The minimum atomic E-state index is -1.14. The van der Waals surface area contributed by atoms with E-state index in [4.69, 9.17) is 11.6 Å². The quantitative estimate of drug-likeness (QED) is 0.802. The number of nitrogens with zero attached hydrogens (tertiary/aromatic N) is 1. The van der Waals surface area contributed by atoms with E-state index in [-0.39, 0.29) is 22.5 Å². The van der Waals surface area contributed by atoms with Crippen molar-refractivity contribution in [2.75, 3.05) is 13.1 Å². The van der Waals surface area contributed by atoms with Crippen LogP contribution in [0, 0.1) is 17.5 Å². The maximum atomic E-state index is 13.4. The summed E-state index contributed by atoms with van der Waals surface area (Å²) in [4.78, 5) is 26.1. The van der Waals surface area contributed by atoms with Gasteiger partial charge in [-0.05, 0) is 49.2 Å². The lowest BCUT2D eigenvalue weighted by Gasteiger charge is -2.32. The van der Waals surface area contributed by atoms with Crippen molar-refractivity contribution in [2.24, 2.45) is 0 Å². The van der Waals surface area contributed by atoms with Crippen LogP contribution in [0.4, 0.5) is 13.2 Å². The van der Waals surface area contributed by atoms with Gasteiger partial charge in [0.25, 0.3) is 11.8 Å². The van der Waals surface area contributed by atoms with Gasteiger partial charge in [0.05, 0.1) is 10.6 Å². The van der Waals surface area contributed by atoms with Crippen LogP contribution in [0.25, 0.3) is 0 Å². The van der Waals surface area contributed by atoms with Crippen molar-refractivity contribution in [3.63, 3.8) is 0 Å². The second-order valence-electron chi connectivity index (χ2n) is 6.29. The van der Waals surface area contributed by atoms with E-state index >= 15 is 0 Å². The van der Waals surface area contributed by atoms with Gasteiger partial charge < -0.3 is 10.2 Å². The largest absolute Gasteiger partial charge is 0.349 e. The van der Waals surface area contributed by atoms with Crippen LogP contribution in [0.3, 0.4) is 0 Å². The van der Waals surface area contributed by atoms with Crippen molar-refractivity contribution in [1.29, 1.82) is 0 Å². The molecular formula is C19H16ClF3N2O2. The van der Waals surface area contributed by atoms with Crippen molar-refractivity contribution in [1.82, 2.24) is 10.2 Å². The first kappa shape index (κ1) is 19.2. The first-order chi connectivity index (χ1) is 12.8. The Kier molecular flexibility index (Phi) is 5.70. The van der Waals surface area contributed by atoms with Gasteiger partial charge in [-0.25, -0.2) is 13.2 Å². The van der Waals surface area contributed by atoms with Gasteiger partial charge in [-0.1, -0.05) is 11.6 Å². The molecule has 2 amide bonds. The van der Waals surface area contributed by atoms with Gasteiger partial charge in [0.15, 0.2) is 11.6 Å². The summed E-state index contributed by atoms with van der Waals surface area (Å²) in [6.45, 7) is 0.672. The third-order valence-electron chi connectivity index (χ3n) is 4.46. The molecule has 0 spiro atoms. The molecule has 1 aliphatic heterocycles. The molecule has 0 aromatic heterocycles. The second-order valence-corrected chi connectivity index (χ2v) is 6.70. The van der Waals surface area contributed by atoms with Crippen LogP contribution >= 0.6 is 11.6 Å². The monoisotopic (exact) mass is 396 g/mol. The van der Waals surface area contributed by atoms with Crippen LogP contribution in [-0.2, 0) is 0 Å². The fourth-order valence-electron chi connectivity index (χ4n) is 2.95. The Morgan fingerprint density at radius 2 is 1.59 bits per heavy atom. The van der Waals surface area contributed by atoms with Crippen LogP contribution in [-0.4, -0.2) is 35.8 Å². The Hall–Kier alpha value is -2.54. The predicted octanol–water partition coefficient (Wildman–Crippen LogP) is 3.79. The zero-order chi connectivity index (χ0) is 19.6. The van der Waals surface area contributed by atoms with Crippen LogP contribution in [0.5, 0.6) is 0 Å². The lowest BCUT2D eigenvalue weighted by molar-refractivity contribution is 0.0697. The van der Waals surface area contributed by atoms with E-state index in [9.17, 15) is 22.8 Å². The summed E-state index contributed by atoms with van der Waals surface area (Å²) < 4.78 is 39.5. The van der Waals surface area contributed by atoms with Gasteiger partial charge in [0, 0.05) is 24.7 Å². The van der Waals surface area contributed by atoms with Gasteiger partial charge in [-0.15, -0.1) is 0 Å². The van der Waals surface area contributed by atoms with Gasteiger partial charge in [0.1, 0.15) is 5.82 Å². The molecule has 1 saturated heterocycles. The highest BCUT2D eigenvalue weighted by atomic mass is 35.5. The number of rotatable bonds is 3. The highest BCUT2D eigenvalue weighted by Crippen LogP contribution is 2.23. The van der Waals surface area contributed by atoms with E-state index in [0.717, 1.165) is 12.1 Å². The smallest absolute Gasteiger partial charge is 0.255 e. The van der Waals surface area contributed by atoms with Gasteiger partial charge >= 0.3 is 0 Å². The van der Waals surface area contributed by atoms with Gasteiger partial charge in [0.2, 0.25) is 0 Å². The number of carbonyl (C=O) groups is 2. The van der Waals surface area contributed by atoms with Gasteiger partial charge in [-0.3, -0.25) is 9.59 Å². The molecule has 0 unspecified atom stereocenters. The Morgan fingerprint density at radius 1 is 1.00 bits per heavy atom. The van der Waals surface area contributed by atoms with E-state index in [0.29, 0.717) is 31.5 Å². The standard InChI is InChI=1S/C19H16ClF3N2O2/c20-15-10-17(23)16(22)9-14(15)19(27)25-7-5-13(6-8-25)24-18(26)11-1-3-12(21)4-2-11/h1-4,9-10,13H,5-8H2,(H,24,26). The zero-order valence-electron chi connectivity index (χ0n) is 14.1. The number of piperidine rings is 1. The first-order valence-corrected chi connectivity index (χ1v) is 8.73. The summed E-state index contributed by atoms with van der Waals surface area (Å²) in [6.07, 6.45) is 1.000. The van der Waals surface area contributed by atoms with Crippen LogP contribution in [0.15, 0.2) is 36.4 Å². The summed E-state index contributed by atoms with van der Waals surface area (Å²) >= 11 is 5.85. The number of hydrogen-bond acceptors (Lipinski definition) is 2. The molecule has 1 heterocycles. The number of halogens is 4. The Morgan fingerprint density at radius 3 is 2.22 bits per heavy atom. The van der Waals surface area contributed by atoms with Crippen molar-refractivity contribution < 1.29 is 22.8 Å². The molecule has 0 saturated carbocycles. The average Bonchev–Trinajstić information content (AvgIpc) is 2.65. The van der Waals surface area contributed by atoms with Crippen LogP contribution < -0.4 is 5.32 Å². The Bertz CT molecular complexity index is 866. The molecule has 0 bridgehead atoms. The minimum absolute atomic E-state index is 0.0932. The normalized spacial score (nSPS) is 14.9. The van der Waals surface area contributed by atoms with E-state index in [1.54, 1.807) is 0 Å². The summed E-state index contributed by atoms with van der Waals surface area (Å²) in [7, 11) is 0. The first-order valence-electron chi connectivity index (χ1n) is 8.35. The summed E-state index contributed by atoms with van der Waals surface area (Å²) in [5, 5.41) is 2.70. The highest BCUT2D eigenvalue weighted by molar-refractivity contribution is 6.33. The molecule has 0 aliphatic carbocycles. The van der Waals surface area contributed by atoms with Crippen molar-refractivity contribution in [3.8, 4) is 0 Å². The molecule has 0 radical (unpaired) electrons. The third-order valence-corrected chi connectivity index (χ3v) is 4.78. The lowest BCUT2D eigenvalue weighted by atomic mass is 10.0. The predicted molar refractivity (Wildman–Crippen MR) is 94.2 cm³/mol. The van der Waals surface area contributed by atoms with E-state index < -0.39 is 23.4 Å². The molecule has 1 aliphatic rings. The minimum Gasteiger partial charge on any atom is -0.349 e. The molecule has 3 rings (SSSR count). The maximum Gasteiger partial charge on any atom is 0.255 e. The molecule has 4 nitrogen and oxygen atoms in total. The Balaban J connectivity index is 1.58. The molecular weight excluding hydrogens is 381 g/mol. The topological polar surface area (TPSA) is 49.4 Å². The number of hydrogen-bond donors (Lipinski definition) is 1. The van der Waals surface area contributed by atoms with Crippen molar-refractivity contribution in [3.05, 3.63) is 70.0 Å². The average molecular weight is 397 g/mol. The number of likely N-dealkylation sites (tertiary alicyclic amines) is 1. The Labute approximate surface area is 158 Å². The molecule has 27 heavy (non-hydrogen) atoms. The molecule has 142 valence electrons. The number of nitrogens with one attached hydrogen (secondary N) is 1. The maximum absolute atomic E-state index is 13.4. The zero-order valence-corrected chi connectivity index (χ0v) is 14.9. The lowest BCUT2D eigenvalue weighted by Crippen LogP contribution is -2.46. The summed E-state index contributed by atoms with van der Waals surface area (Å²) in [6, 6.07) is 6.64. The second kappa shape index (κ2) is 8.00. The molecule has 1 N–H and O–H groups in total. The molecule has 2 aromatic rings. The fourth-order valence-corrected chi connectivity index (χ4v) is 3.18. The molecule has 1 fully saturated rings. The summed E-state index contributed by atoms with van der Waals surface area (Å²) in [5.74, 6) is -3.47. The third kappa shape index (κ3) is 4.42. The fraction of sp³-hybridized carbons (Fsp3) is 0.263. The van der Waals surface area contributed by atoms with Crippen LogP contribution in [0.1, 0.15) is 33.6 Å². The van der Waals surface area contributed by atoms with Crippen LogP contribution in [0.2, 0.25) is 5.02 Å². The SMILES string of the molecule is O=C(NC1CCN(C(=O)c2cc(F)c(F)cc2Cl)CC1)c1ccc(F)cc1. The number of carbonyl (C=O) groups excluding carboxylic acids is 2. The number of benzene rings is 2. The summed E-state index contributed by atoms with van der Waals surface area (Å²) in [5.41, 5.74) is 0.257. The van der Waals surface area contributed by atoms with Gasteiger partial charge in [-0.2, -0.15) is 0 Å². The highest BCUT2D eigenvalue weighted by Gasteiger charge is 2.26. The number of amides is 2. The van der Waals surface area contributed by atoms with Crippen molar-refractivity contribution in [2.45, 2.75) is 18.9 Å². The molecule has 8 heteroatoms.